The molecule has 0 bridgehead atoms. The summed E-state index contributed by atoms with van der Waals surface area (Å²) >= 11 is 3.58. The molecule has 1 aliphatic rings. The molecule has 0 unspecified atom stereocenters. The molecule has 0 N–H and O–H groups in total. The number of methoxy groups -OCH3 is 2. The van der Waals surface area contributed by atoms with Gasteiger partial charge in [0.1, 0.15) is 11.3 Å². The fraction of sp³-hybridized carbons (Fsp3) is 0.357. The van der Waals surface area contributed by atoms with Gasteiger partial charge in [-0.3, -0.25) is 0 Å². The fourth-order valence-electron chi connectivity index (χ4n) is 2.17. The molecule has 1 aromatic carbocycles. The molecule has 3 rings (SSSR count). The maximum absolute atomic E-state index is 11.7. The van der Waals surface area contributed by atoms with Crippen molar-refractivity contribution in [2.24, 2.45) is 0 Å². The van der Waals surface area contributed by atoms with E-state index in [4.69, 9.17) is 9.47 Å². The predicted octanol–water partition coefficient (Wildman–Crippen LogP) is 3.06. The third-order valence-corrected chi connectivity index (χ3v) is 4.23. The number of carbonyl (C=O) groups is 1. The molecule has 0 radical (unpaired) electrons. The van der Waals surface area contributed by atoms with Gasteiger partial charge in [-0.1, -0.05) is 0 Å². The number of carbonyl (C=O) groups excluding carboxylic acids is 1. The van der Waals surface area contributed by atoms with Crippen molar-refractivity contribution in [2.75, 3.05) is 14.2 Å². The van der Waals surface area contributed by atoms with Crippen LogP contribution in [0.3, 0.4) is 0 Å². The number of aromatic nitrogens is 2. The second-order valence-electron chi connectivity index (χ2n) is 4.74. The second-order valence-corrected chi connectivity index (χ2v) is 5.53. The minimum absolute atomic E-state index is 0.401. The molecule has 1 heterocycles. The van der Waals surface area contributed by atoms with Gasteiger partial charge in [0, 0.05) is 11.3 Å². The Balaban J connectivity index is 2.26. The van der Waals surface area contributed by atoms with E-state index in [1.54, 1.807) is 19.2 Å². The minimum Gasteiger partial charge on any atom is -0.494 e. The quantitative estimate of drug-likeness (QED) is 0.806. The van der Waals surface area contributed by atoms with Crippen LogP contribution >= 0.6 is 15.9 Å². The van der Waals surface area contributed by atoms with Crippen LogP contribution in [0.1, 0.15) is 34.8 Å². The van der Waals surface area contributed by atoms with E-state index in [2.05, 4.69) is 26.1 Å². The predicted molar refractivity (Wildman–Crippen MR) is 77.1 cm³/mol. The Morgan fingerprint density at radius 2 is 2.05 bits per heavy atom. The van der Waals surface area contributed by atoms with E-state index in [-0.39, 0.29) is 0 Å². The van der Waals surface area contributed by atoms with Crippen molar-refractivity contribution in [1.29, 1.82) is 0 Å². The second kappa shape index (κ2) is 5.01. The Kier molecular flexibility index (Phi) is 3.33. The summed E-state index contributed by atoms with van der Waals surface area (Å²) in [5, 5.41) is 9.34. The van der Waals surface area contributed by atoms with E-state index in [0.717, 1.165) is 28.4 Å². The highest BCUT2D eigenvalue weighted by Crippen LogP contribution is 2.44. The Bertz CT molecular complexity index is 698. The summed E-state index contributed by atoms with van der Waals surface area (Å²) in [6.07, 6.45) is 2.26. The first kappa shape index (κ1) is 13.3. The molecule has 1 aromatic heterocycles. The van der Waals surface area contributed by atoms with Crippen molar-refractivity contribution >= 4 is 32.8 Å². The normalized spacial score (nSPS) is 14.3. The zero-order chi connectivity index (χ0) is 14.3. The van der Waals surface area contributed by atoms with Crippen LogP contribution in [0.15, 0.2) is 16.6 Å². The maximum Gasteiger partial charge on any atom is 0.338 e. The van der Waals surface area contributed by atoms with Gasteiger partial charge < -0.3 is 9.47 Å². The zero-order valence-electron chi connectivity index (χ0n) is 11.1. The first-order chi connectivity index (χ1) is 9.65. The minimum atomic E-state index is -0.401. The molecular weight excluding hydrogens is 324 g/mol. The number of benzene rings is 1. The van der Waals surface area contributed by atoms with Gasteiger partial charge in [0.25, 0.3) is 0 Å². The van der Waals surface area contributed by atoms with Crippen LogP contribution in [0, 0.1) is 0 Å². The molecule has 2 aromatic rings. The average molecular weight is 337 g/mol. The van der Waals surface area contributed by atoms with Gasteiger partial charge in [-0.05, 0) is 40.9 Å². The molecule has 5 nitrogen and oxygen atoms in total. The van der Waals surface area contributed by atoms with Crippen molar-refractivity contribution in [1.82, 2.24) is 10.2 Å². The van der Waals surface area contributed by atoms with Gasteiger partial charge in [-0.2, -0.15) is 5.10 Å². The van der Waals surface area contributed by atoms with Crippen LogP contribution < -0.4 is 4.74 Å². The SMILES string of the molecule is COC(=O)c1cc(OC)c2nnc(C3CC3)c(Br)c2c1. The third kappa shape index (κ3) is 2.14. The summed E-state index contributed by atoms with van der Waals surface area (Å²) in [6.45, 7) is 0. The van der Waals surface area contributed by atoms with Crippen molar-refractivity contribution in [2.45, 2.75) is 18.8 Å². The van der Waals surface area contributed by atoms with Gasteiger partial charge in [-0.15, -0.1) is 5.10 Å². The molecule has 0 atom stereocenters. The number of fused-ring (bicyclic) bond motifs is 1. The highest BCUT2D eigenvalue weighted by atomic mass is 79.9. The van der Waals surface area contributed by atoms with E-state index in [1.165, 1.54) is 7.11 Å². The molecular formula is C14H13BrN2O3. The Labute approximate surface area is 124 Å². The molecule has 1 fully saturated rings. The van der Waals surface area contributed by atoms with E-state index >= 15 is 0 Å². The summed E-state index contributed by atoms with van der Waals surface area (Å²) in [5.41, 5.74) is 2.02. The number of ether oxygens (including phenoxy) is 2. The Morgan fingerprint density at radius 3 is 2.65 bits per heavy atom. The van der Waals surface area contributed by atoms with Gasteiger partial charge in [-0.25, -0.2) is 4.79 Å². The number of rotatable bonds is 3. The number of nitrogens with zero attached hydrogens (tertiary/aromatic N) is 2. The monoisotopic (exact) mass is 336 g/mol. The lowest BCUT2D eigenvalue weighted by Crippen LogP contribution is -2.04. The summed E-state index contributed by atoms with van der Waals surface area (Å²) < 4.78 is 11.0. The number of halogens is 1. The lowest BCUT2D eigenvalue weighted by atomic mass is 10.1. The van der Waals surface area contributed by atoms with Gasteiger partial charge >= 0.3 is 5.97 Å². The Morgan fingerprint density at radius 1 is 1.30 bits per heavy atom. The van der Waals surface area contributed by atoms with Gasteiger partial charge in [0.05, 0.1) is 29.9 Å². The molecule has 0 spiro atoms. The zero-order valence-corrected chi connectivity index (χ0v) is 12.7. The summed E-state index contributed by atoms with van der Waals surface area (Å²) in [7, 11) is 2.90. The molecule has 0 saturated heterocycles. The summed E-state index contributed by atoms with van der Waals surface area (Å²) in [5.74, 6) is 0.578. The highest BCUT2D eigenvalue weighted by Gasteiger charge is 2.29. The number of hydrogen-bond acceptors (Lipinski definition) is 5. The largest absolute Gasteiger partial charge is 0.494 e. The van der Waals surface area contributed by atoms with Gasteiger partial charge in [0.15, 0.2) is 0 Å². The van der Waals surface area contributed by atoms with E-state index in [1.807, 2.05) is 0 Å². The molecule has 104 valence electrons. The lowest BCUT2D eigenvalue weighted by Gasteiger charge is -2.10. The van der Waals surface area contributed by atoms with E-state index in [0.29, 0.717) is 22.7 Å². The molecule has 1 aliphatic carbocycles. The molecule has 0 aliphatic heterocycles. The first-order valence-electron chi connectivity index (χ1n) is 6.27. The van der Waals surface area contributed by atoms with Crippen molar-refractivity contribution in [3.63, 3.8) is 0 Å². The lowest BCUT2D eigenvalue weighted by molar-refractivity contribution is 0.0600. The van der Waals surface area contributed by atoms with Crippen LogP contribution in [0.5, 0.6) is 5.75 Å². The molecule has 20 heavy (non-hydrogen) atoms. The number of hydrogen-bond donors (Lipinski definition) is 0. The van der Waals surface area contributed by atoms with Crippen molar-refractivity contribution < 1.29 is 14.3 Å². The van der Waals surface area contributed by atoms with E-state index in [9.17, 15) is 4.79 Å². The topological polar surface area (TPSA) is 61.3 Å². The van der Waals surface area contributed by atoms with Crippen molar-refractivity contribution in [3.05, 3.63) is 27.9 Å². The average Bonchev–Trinajstić information content (AvgIpc) is 3.30. The first-order valence-corrected chi connectivity index (χ1v) is 7.07. The Hall–Kier alpha value is -1.69. The number of esters is 1. The van der Waals surface area contributed by atoms with Crippen molar-refractivity contribution in [3.8, 4) is 5.75 Å². The molecule has 0 amide bonds. The summed E-state index contributed by atoms with van der Waals surface area (Å²) in [4.78, 5) is 11.7. The highest BCUT2D eigenvalue weighted by molar-refractivity contribution is 9.10. The molecule has 6 heteroatoms. The smallest absolute Gasteiger partial charge is 0.338 e. The standard InChI is InChI=1S/C14H13BrN2O3/c1-19-10-6-8(14(18)20-2)5-9-11(15)12(7-3-4-7)16-17-13(9)10/h5-7H,3-4H2,1-2H3. The van der Waals surface area contributed by atoms with Crippen LogP contribution in [0.2, 0.25) is 0 Å². The van der Waals surface area contributed by atoms with Crippen LogP contribution in [-0.2, 0) is 4.74 Å². The third-order valence-electron chi connectivity index (χ3n) is 3.40. The fourth-order valence-corrected chi connectivity index (χ4v) is 2.88. The maximum atomic E-state index is 11.7. The van der Waals surface area contributed by atoms with Crippen LogP contribution in [0.4, 0.5) is 0 Å². The molecule has 1 saturated carbocycles. The van der Waals surface area contributed by atoms with Gasteiger partial charge in [0.2, 0.25) is 0 Å². The van der Waals surface area contributed by atoms with Crippen LogP contribution in [-0.4, -0.2) is 30.4 Å². The van der Waals surface area contributed by atoms with E-state index < -0.39 is 5.97 Å². The summed E-state index contributed by atoms with van der Waals surface area (Å²) in [6, 6.07) is 3.38. The van der Waals surface area contributed by atoms with Crippen LogP contribution in [0.25, 0.3) is 10.9 Å².